The van der Waals surface area contributed by atoms with Crippen LogP contribution in [0.4, 0.5) is 8.78 Å². The van der Waals surface area contributed by atoms with Gasteiger partial charge in [0, 0.05) is 26.8 Å². The van der Waals surface area contributed by atoms with Crippen molar-refractivity contribution in [3.63, 3.8) is 0 Å². The Morgan fingerprint density at radius 3 is 1.02 bits per heavy atom. The van der Waals surface area contributed by atoms with E-state index in [4.69, 9.17) is 0 Å². The smallest absolute Gasteiger partial charge is 0.132 e. The standard InChI is InChI=1S/C49H73F2NP2Si2/c1-8-14-34-55(35-15-9-2,36-16-10-3)44-28-24-26-42(40-44)53(48-32-22-20-30-46(48)50)52(7)54(49-33-23-21-31-47(49)51)43-27-25-29-45(41-43)56(37-17-11-4,38-18-12-5)39-19-13-6/h20-33,40-41H,8-19,34-39H2,1-7H3. The molecule has 4 rings (SSSR count). The van der Waals surface area contributed by atoms with Crippen molar-refractivity contribution in [3.05, 3.63) is 109 Å². The van der Waals surface area contributed by atoms with Crippen molar-refractivity contribution in [2.24, 2.45) is 0 Å². The van der Waals surface area contributed by atoms with Crippen LogP contribution in [0.15, 0.2) is 97.1 Å². The van der Waals surface area contributed by atoms with E-state index in [-0.39, 0.29) is 11.6 Å². The lowest BCUT2D eigenvalue weighted by molar-refractivity contribution is 0.635. The minimum atomic E-state index is -1.84. The van der Waals surface area contributed by atoms with Crippen molar-refractivity contribution in [1.82, 2.24) is 4.44 Å². The van der Waals surface area contributed by atoms with Crippen molar-refractivity contribution in [2.75, 3.05) is 7.05 Å². The Bertz CT molecular complexity index is 1570. The van der Waals surface area contributed by atoms with E-state index < -0.39 is 32.3 Å². The molecular formula is C49H73F2NP2Si2. The van der Waals surface area contributed by atoms with Gasteiger partial charge in [-0.05, 0) is 41.9 Å². The van der Waals surface area contributed by atoms with E-state index in [2.05, 4.69) is 102 Å². The van der Waals surface area contributed by atoms with Crippen molar-refractivity contribution in [2.45, 2.75) is 155 Å². The van der Waals surface area contributed by atoms with Gasteiger partial charge >= 0.3 is 0 Å². The van der Waals surface area contributed by atoms with Gasteiger partial charge in [-0.2, -0.15) is 0 Å². The maximum atomic E-state index is 16.4. The number of hydrogen-bond donors (Lipinski definition) is 0. The third-order valence-electron chi connectivity index (χ3n) is 12.2. The van der Waals surface area contributed by atoms with E-state index in [1.54, 1.807) is 34.6 Å². The maximum Gasteiger partial charge on any atom is 0.132 e. The highest BCUT2D eigenvalue weighted by Crippen LogP contribution is 2.53. The van der Waals surface area contributed by atoms with Gasteiger partial charge in [-0.25, -0.2) is 13.2 Å². The number of hydrogen-bond acceptors (Lipinski definition) is 1. The van der Waals surface area contributed by atoms with Crippen LogP contribution in [0.2, 0.25) is 36.3 Å². The third kappa shape index (κ3) is 12.0. The SMILES string of the molecule is CCCC[Si](CCCC)(CCCC)c1cccc(P(c2ccccc2F)N(C)P(c2cccc([Si](CCCC)(CCCC)CCCC)c2)c2ccccc2F)c1. The van der Waals surface area contributed by atoms with Gasteiger partial charge in [0.1, 0.15) is 11.6 Å². The lowest BCUT2D eigenvalue weighted by atomic mass is 10.3. The van der Waals surface area contributed by atoms with Gasteiger partial charge in [-0.3, -0.25) is 0 Å². The molecule has 0 aliphatic heterocycles. The zero-order chi connectivity index (χ0) is 40.4. The fourth-order valence-electron chi connectivity index (χ4n) is 8.90. The summed E-state index contributed by atoms with van der Waals surface area (Å²) in [4.78, 5) is 0. The summed E-state index contributed by atoms with van der Waals surface area (Å²) >= 11 is 0. The summed E-state index contributed by atoms with van der Waals surface area (Å²) in [6, 6.07) is 41.5. The molecule has 0 saturated heterocycles. The summed E-state index contributed by atoms with van der Waals surface area (Å²) in [6.07, 6.45) is 14.9. The average Bonchev–Trinajstić information content (AvgIpc) is 3.22. The first-order valence-corrected chi connectivity index (χ1v) is 30.1. The summed E-state index contributed by atoms with van der Waals surface area (Å²) in [7, 11) is -4.20. The lowest BCUT2D eigenvalue weighted by Gasteiger charge is -2.38. The molecule has 0 radical (unpaired) electrons. The minimum Gasteiger partial charge on any atom is -0.248 e. The van der Waals surface area contributed by atoms with Gasteiger partial charge in [0.05, 0.1) is 16.1 Å². The summed E-state index contributed by atoms with van der Waals surface area (Å²) < 4.78 is 35.2. The van der Waals surface area contributed by atoms with Gasteiger partial charge in [-0.1, -0.05) is 238 Å². The molecule has 0 aliphatic carbocycles. The van der Waals surface area contributed by atoms with E-state index in [0.717, 1.165) is 10.6 Å². The molecule has 7 heteroatoms. The largest absolute Gasteiger partial charge is 0.248 e. The Morgan fingerprint density at radius 2 is 0.732 bits per heavy atom. The predicted octanol–water partition coefficient (Wildman–Crippen LogP) is 13.4. The van der Waals surface area contributed by atoms with Gasteiger partial charge in [0.15, 0.2) is 0 Å². The second-order valence-electron chi connectivity index (χ2n) is 16.3. The van der Waals surface area contributed by atoms with Crippen LogP contribution in [0, 0.1) is 11.6 Å². The Kier molecular flexibility index (Phi) is 20.1. The van der Waals surface area contributed by atoms with Crippen LogP contribution in [0.5, 0.6) is 0 Å². The molecule has 306 valence electrons. The molecule has 0 bridgehead atoms. The van der Waals surface area contributed by atoms with Gasteiger partial charge in [0.25, 0.3) is 0 Å². The number of benzene rings is 4. The maximum absolute atomic E-state index is 16.4. The molecule has 2 atom stereocenters. The summed E-state index contributed by atoms with van der Waals surface area (Å²) in [5.74, 6) is -0.352. The highest BCUT2D eigenvalue weighted by molar-refractivity contribution is 7.84. The third-order valence-corrected chi connectivity index (χ3v) is 28.5. The molecule has 0 heterocycles. The van der Waals surface area contributed by atoms with Crippen LogP contribution < -0.4 is 31.6 Å². The normalized spacial score (nSPS) is 13.3. The van der Waals surface area contributed by atoms with Gasteiger partial charge in [0.2, 0.25) is 0 Å². The highest BCUT2D eigenvalue weighted by Gasteiger charge is 2.38. The molecule has 0 saturated carbocycles. The Morgan fingerprint density at radius 1 is 0.429 bits per heavy atom. The molecule has 4 aromatic rings. The average molecular weight is 832 g/mol. The highest BCUT2D eigenvalue weighted by atomic mass is 31.2. The Labute approximate surface area is 346 Å². The Hall–Kier alpha value is -2.01. The summed E-state index contributed by atoms with van der Waals surface area (Å²) in [6.45, 7) is 13.9. The van der Waals surface area contributed by atoms with E-state index in [1.165, 1.54) is 124 Å². The lowest BCUT2D eigenvalue weighted by Crippen LogP contribution is -2.49. The van der Waals surface area contributed by atoms with Crippen molar-refractivity contribution in [1.29, 1.82) is 0 Å². The van der Waals surface area contributed by atoms with Crippen LogP contribution in [0.3, 0.4) is 0 Å². The molecule has 0 N–H and O–H groups in total. The second kappa shape index (κ2) is 24.2. The fourth-order valence-corrected chi connectivity index (χ4v) is 26.1. The van der Waals surface area contributed by atoms with Crippen molar-refractivity contribution < 1.29 is 8.78 Å². The van der Waals surface area contributed by atoms with Crippen LogP contribution >= 0.6 is 16.1 Å². The fraction of sp³-hybridized carbons (Fsp3) is 0.510. The Balaban J connectivity index is 1.98. The zero-order valence-corrected chi connectivity index (χ0v) is 39.9. The molecule has 0 aromatic heterocycles. The molecule has 2 unspecified atom stereocenters. The molecule has 1 nitrogen and oxygen atoms in total. The molecule has 56 heavy (non-hydrogen) atoms. The zero-order valence-electron chi connectivity index (χ0n) is 36.1. The minimum absolute atomic E-state index is 0.176. The van der Waals surface area contributed by atoms with Crippen LogP contribution in [-0.2, 0) is 0 Å². The first kappa shape index (κ1) is 46.7. The van der Waals surface area contributed by atoms with E-state index in [1.807, 2.05) is 24.3 Å². The quantitative estimate of drug-likeness (QED) is 0.0450. The first-order valence-electron chi connectivity index (χ1n) is 22.3. The predicted molar refractivity (Wildman–Crippen MR) is 255 cm³/mol. The molecule has 0 fully saturated rings. The van der Waals surface area contributed by atoms with Crippen molar-refractivity contribution >= 4 is 63.9 Å². The second-order valence-corrected chi connectivity index (χ2v) is 30.3. The molecule has 4 aromatic carbocycles. The molecule has 0 spiro atoms. The van der Waals surface area contributed by atoms with Crippen LogP contribution in [0.1, 0.15) is 119 Å². The van der Waals surface area contributed by atoms with Crippen molar-refractivity contribution in [3.8, 4) is 0 Å². The first-order chi connectivity index (χ1) is 27.2. The van der Waals surface area contributed by atoms with Crippen LogP contribution in [0.25, 0.3) is 0 Å². The number of rotatable bonds is 26. The number of unbranched alkanes of at least 4 members (excludes halogenated alkanes) is 6. The number of nitrogens with zero attached hydrogens (tertiary/aromatic N) is 1. The summed E-state index contributed by atoms with van der Waals surface area (Å²) in [5.41, 5.74) is 0. The molecular weight excluding hydrogens is 759 g/mol. The number of halogens is 2. The van der Waals surface area contributed by atoms with Gasteiger partial charge in [-0.15, -0.1) is 0 Å². The van der Waals surface area contributed by atoms with E-state index >= 15 is 8.78 Å². The van der Waals surface area contributed by atoms with Gasteiger partial charge < -0.3 is 0 Å². The summed E-state index contributed by atoms with van der Waals surface area (Å²) in [5, 5.41) is 6.90. The monoisotopic (exact) mass is 831 g/mol. The van der Waals surface area contributed by atoms with E-state index in [0.29, 0.717) is 0 Å². The van der Waals surface area contributed by atoms with Crippen LogP contribution in [-0.4, -0.2) is 27.6 Å². The molecule has 0 aliphatic rings. The molecule has 0 amide bonds. The van der Waals surface area contributed by atoms with E-state index in [9.17, 15) is 0 Å². The topological polar surface area (TPSA) is 3.24 Å².